The first-order valence-corrected chi connectivity index (χ1v) is 8.05. The van der Waals surface area contributed by atoms with Crippen LogP contribution in [0, 0.1) is 11.7 Å². The van der Waals surface area contributed by atoms with E-state index in [0.29, 0.717) is 0 Å². The van der Waals surface area contributed by atoms with Gasteiger partial charge in [0.2, 0.25) is 5.91 Å². The van der Waals surface area contributed by atoms with Crippen LogP contribution in [0.3, 0.4) is 0 Å². The standard InChI is InChI=1S/C17H25FN2O/c1-2-3-10-19-17(21)14-8-11-20(12-9-14)13-15-6-4-5-7-16(15)18/h4-7,14H,2-3,8-13H2,1H3,(H,19,21)/p+1. The van der Waals surface area contributed by atoms with Gasteiger partial charge in [0.05, 0.1) is 13.1 Å². The average molecular weight is 293 g/mol. The zero-order valence-electron chi connectivity index (χ0n) is 12.8. The molecule has 1 heterocycles. The Morgan fingerprint density at radius 2 is 2.05 bits per heavy atom. The molecule has 1 aliphatic heterocycles. The van der Waals surface area contributed by atoms with Gasteiger partial charge in [0.25, 0.3) is 0 Å². The largest absolute Gasteiger partial charge is 0.356 e. The van der Waals surface area contributed by atoms with Crippen molar-refractivity contribution in [3.8, 4) is 0 Å². The van der Waals surface area contributed by atoms with E-state index in [2.05, 4.69) is 12.2 Å². The van der Waals surface area contributed by atoms with Crippen molar-refractivity contribution in [1.29, 1.82) is 0 Å². The molecular weight excluding hydrogens is 267 g/mol. The number of carbonyl (C=O) groups is 1. The Balaban J connectivity index is 1.75. The van der Waals surface area contributed by atoms with Crippen molar-refractivity contribution in [2.45, 2.75) is 39.2 Å². The number of likely N-dealkylation sites (tertiary alicyclic amines) is 1. The van der Waals surface area contributed by atoms with E-state index in [9.17, 15) is 9.18 Å². The fourth-order valence-electron chi connectivity index (χ4n) is 2.91. The third kappa shape index (κ3) is 4.81. The molecule has 0 bridgehead atoms. The summed E-state index contributed by atoms with van der Waals surface area (Å²) in [5.74, 6) is 0.226. The van der Waals surface area contributed by atoms with Crippen LogP contribution in [0.4, 0.5) is 4.39 Å². The second-order valence-corrected chi connectivity index (χ2v) is 5.94. The predicted molar refractivity (Wildman–Crippen MR) is 81.4 cm³/mol. The molecule has 3 nitrogen and oxygen atoms in total. The summed E-state index contributed by atoms with van der Waals surface area (Å²) in [7, 11) is 0. The number of piperidine rings is 1. The van der Waals surface area contributed by atoms with Crippen molar-refractivity contribution in [2.24, 2.45) is 5.92 Å². The Kier molecular flexibility index (Phi) is 6.18. The van der Waals surface area contributed by atoms with Gasteiger partial charge in [-0.15, -0.1) is 0 Å². The van der Waals surface area contributed by atoms with Crippen LogP contribution in [0.15, 0.2) is 24.3 Å². The van der Waals surface area contributed by atoms with Gasteiger partial charge in [-0.05, 0) is 12.5 Å². The van der Waals surface area contributed by atoms with Gasteiger partial charge < -0.3 is 10.2 Å². The molecular formula is C17H26FN2O+. The summed E-state index contributed by atoms with van der Waals surface area (Å²) < 4.78 is 13.6. The lowest BCUT2D eigenvalue weighted by Gasteiger charge is -2.28. The molecule has 1 aromatic rings. The Bertz CT molecular complexity index is 456. The van der Waals surface area contributed by atoms with Crippen LogP contribution in [0.1, 0.15) is 38.2 Å². The molecule has 2 N–H and O–H groups in total. The van der Waals surface area contributed by atoms with Gasteiger partial charge in [-0.3, -0.25) is 4.79 Å². The fourth-order valence-corrected chi connectivity index (χ4v) is 2.91. The highest BCUT2D eigenvalue weighted by atomic mass is 19.1. The number of rotatable bonds is 6. The lowest BCUT2D eigenvalue weighted by molar-refractivity contribution is -0.919. The first-order chi connectivity index (χ1) is 10.2. The number of hydrogen-bond donors (Lipinski definition) is 2. The Morgan fingerprint density at radius 1 is 1.33 bits per heavy atom. The summed E-state index contributed by atoms with van der Waals surface area (Å²) in [6.07, 6.45) is 3.96. The number of halogens is 1. The van der Waals surface area contributed by atoms with Crippen LogP contribution >= 0.6 is 0 Å². The molecule has 1 saturated heterocycles. The minimum Gasteiger partial charge on any atom is -0.356 e. The van der Waals surface area contributed by atoms with E-state index in [1.165, 1.54) is 11.0 Å². The minimum atomic E-state index is -0.121. The Hall–Kier alpha value is -1.42. The number of carbonyl (C=O) groups excluding carboxylic acids is 1. The number of hydrogen-bond acceptors (Lipinski definition) is 1. The Morgan fingerprint density at radius 3 is 2.71 bits per heavy atom. The maximum Gasteiger partial charge on any atom is 0.223 e. The van der Waals surface area contributed by atoms with Crippen molar-refractivity contribution in [2.75, 3.05) is 19.6 Å². The molecule has 0 radical (unpaired) electrons. The SMILES string of the molecule is CCCCNC(=O)C1CC[NH+](Cc2ccccc2F)CC1. The van der Waals surface area contributed by atoms with Gasteiger partial charge in [-0.25, -0.2) is 4.39 Å². The van der Waals surface area contributed by atoms with E-state index < -0.39 is 0 Å². The number of amides is 1. The molecule has 1 fully saturated rings. The summed E-state index contributed by atoms with van der Waals surface area (Å²) in [6, 6.07) is 6.97. The summed E-state index contributed by atoms with van der Waals surface area (Å²) >= 11 is 0. The monoisotopic (exact) mass is 293 g/mol. The smallest absolute Gasteiger partial charge is 0.223 e. The maximum absolute atomic E-state index is 13.6. The van der Waals surface area contributed by atoms with Gasteiger partial charge in [0, 0.05) is 30.9 Å². The van der Waals surface area contributed by atoms with Crippen molar-refractivity contribution in [1.82, 2.24) is 5.32 Å². The van der Waals surface area contributed by atoms with Gasteiger partial charge >= 0.3 is 0 Å². The molecule has 0 spiro atoms. The second-order valence-electron chi connectivity index (χ2n) is 5.94. The Labute approximate surface area is 126 Å². The highest BCUT2D eigenvalue weighted by molar-refractivity contribution is 5.78. The third-order valence-corrected chi connectivity index (χ3v) is 4.29. The van der Waals surface area contributed by atoms with Gasteiger partial charge in [0.1, 0.15) is 12.4 Å². The minimum absolute atomic E-state index is 0.121. The molecule has 116 valence electrons. The average Bonchev–Trinajstić information content (AvgIpc) is 2.50. The van der Waals surface area contributed by atoms with E-state index >= 15 is 0 Å². The molecule has 1 aliphatic rings. The zero-order valence-corrected chi connectivity index (χ0v) is 12.8. The molecule has 0 aliphatic carbocycles. The van der Waals surface area contributed by atoms with Crippen LogP contribution in [0.5, 0.6) is 0 Å². The lowest BCUT2D eigenvalue weighted by atomic mass is 9.95. The van der Waals surface area contributed by atoms with E-state index in [1.807, 2.05) is 12.1 Å². The molecule has 2 rings (SSSR count). The first-order valence-electron chi connectivity index (χ1n) is 8.05. The fraction of sp³-hybridized carbons (Fsp3) is 0.588. The highest BCUT2D eigenvalue weighted by Gasteiger charge is 2.27. The summed E-state index contributed by atoms with van der Waals surface area (Å²) in [6.45, 7) is 5.52. The van der Waals surface area contributed by atoms with E-state index in [1.54, 1.807) is 6.07 Å². The zero-order chi connectivity index (χ0) is 15.1. The van der Waals surface area contributed by atoms with E-state index in [-0.39, 0.29) is 17.6 Å². The maximum atomic E-state index is 13.6. The van der Waals surface area contributed by atoms with Crippen LogP contribution in [-0.2, 0) is 11.3 Å². The number of benzene rings is 1. The van der Waals surface area contributed by atoms with Crippen LogP contribution in [-0.4, -0.2) is 25.5 Å². The van der Waals surface area contributed by atoms with Crippen molar-refractivity contribution in [3.63, 3.8) is 0 Å². The number of unbranched alkanes of at least 4 members (excludes halogenated alkanes) is 1. The summed E-state index contributed by atoms with van der Waals surface area (Å²) in [5.41, 5.74) is 0.776. The molecule has 1 aromatic carbocycles. The van der Waals surface area contributed by atoms with Crippen molar-refractivity contribution in [3.05, 3.63) is 35.6 Å². The highest BCUT2D eigenvalue weighted by Crippen LogP contribution is 2.11. The number of nitrogens with one attached hydrogen (secondary N) is 2. The van der Waals surface area contributed by atoms with Gasteiger partial charge in [0.15, 0.2) is 0 Å². The topological polar surface area (TPSA) is 33.5 Å². The van der Waals surface area contributed by atoms with Crippen LogP contribution < -0.4 is 10.2 Å². The molecule has 0 saturated carbocycles. The third-order valence-electron chi connectivity index (χ3n) is 4.29. The molecule has 4 heteroatoms. The predicted octanol–water partition coefficient (Wildman–Crippen LogP) is 1.54. The molecule has 1 amide bonds. The summed E-state index contributed by atoms with van der Waals surface area (Å²) in [5, 5.41) is 3.02. The van der Waals surface area contributed by atoms with Crippen molar-refractivity contribution >= 4 is 5.91 Å². The second kappa shape index (κ2) is 8.13. The molecule has 0 unspecified atom stereocenters. The van der Waals surface area contributed by atoms with Crippen LogP contribution in [0.2, 0.25) is 0 Å². The van der Waals surface area contributed by atoms with Gasteiger partial charge in [-0.2, -0.15) is 0 Å². The van der Waals surface area contributed by atoms with Crippen molar-refractivity contribution < 1.29 is 14.1 Å². The van der Waals surface area contributed by atoms with Gasteiger partial charge in [-0.1, -0.05) is 31.5 Å². The number of quaternary nitrogens is 1. The van der Waals surface area contributed by atoms with Crippen LogP contribution in [0.25, 0.3) is 0 Å². The first kappa shape index (κ1) is 16.0. The van der Waals surface area contributed by atoms with E-state index in [4.69, 9.17) is 0 Å². The molecule has 21 heavy (non-hydrogen) atoms. The lowest BCUT2D eigenvalue weighted by Crippen LogP contribution is -3.11. The quantitative estimate of drug-likeness (QED) is 0.767. The summed E-state index contributed by atoms with van der Waals surface area (Å²) in [4.78, 5) is 13.4. The molecule has 0 aromatic heterocycles. The van der Waals surface area contributed by atoms with E-state index in [0.717, 1.165) is 57.4 Å². The molecule has 0 atom stereocenters. The normalized spacial score (nSPS) is 22.0.